The third kappa shape index (κ3) is 4.76. The van der Waals surface area contributed by atoms with Crippen LogP contribution in [0, 0.1) is 0 Å². The quantitative estimate of drug-likeness (QED) is 0.736. The average molecular weight is 385 g/mol. The Bertz CT molecular complexity index is 748. The molecule has 3 nitrogen and oxygen atoms in total. The molecule has 25 heavy (non-hydrogen) atoms. The summed E-state index contributed by atoms with van der Waals surface area (Å²) in [5, 5.41) is 12.1. The van der Waals surface area contributed by atoms with Gasteiger partial charge in [0.1, 0.15) is 5.82 Å². The van der Waals surface area contributed by atoms with E-state index in [-0.39, 0.29) is 16.4 Å². The minimum absolute atomic E-state index is 0.182. The summed E-state index contributed by atoms with van der Waals surface area (Å²) in [7, 11) is 0. The van der Waals surface area contributed by atoms with Crippen LogP contribution in [0.25, 0.3) is 0 Å². The van der Waals surface area contributed by atoms with Crippen LogP contribution in [0.3, 0.4) is 0 Å². The summed E-state index contributed by atoms with van der Waals surface area (Å²) in [6, 6.07) is 5.07. The Kier molecular flexibility index (Phi) is 5.48. The predicted molar refractivity (Wildman–Crippen MR) is 79.1 cm³/mol. The monoisotopic (exact) mass is 384 g/mol. The molecule has 2 rings (SSSR count). The highest BCUT2D eigenvalue weighted by Gasteiger charge is 2.35. The Labute approximate surface area is 143 Å². The predicted octanol–water partition coefficient (Wildman–Crippen LogP) is 4.92. The summed E-state index contributed by atoms with van der Waals surface area (Å²) >= 11 is 5.68. The molecule has 0 unspecified atom stereocenters. The third-order valence-corrected chi connectivity index (χ3v) is 3.54. The van der Waals surface area contributed by atoms with E-state index >= 15 is 0 Å². The molecule has 0 saturated carbocycles. The number of hydrogen-bond donors (Lipinski definition) is 2. The van der Waals surface area contributed by atoms with Crippen molar-refractivity contribution in [1.29, 1.82) is 0 Å². The fourth-order valence-corrected chi connectivity index (χ4v) is 2.31. The SMILES string of the molecule is O[C@@H](CNc1ncc(C(F)(F)F)cc1Cl)c1ccccc1C(F)(F)F. The first kappa shape index (κ1) is 19.3. The molecule has 0 aliphatic carbocycles. The number of nitrogens with one attached hydrogen (secondary N) is 1. The summed E-state index contributed by atoms with van der Waals surface area (Å²) in [5.74, 6) is -0.182. The summed E-state index contributed by atoms with van der Waals surface area (Å²) in [4.78, 5) is 3.49. The Morgan fingerprint density at radius 1 is 1.08 bits per heavy atom. The van der Waals surface area contributed by atoms with Crippen LogP contribution >= 0.6 is 11.6 Å². The van der Waals surface area contributed by atoms with Gasteiger partial charge in [-0.3, -0.25) is 0 Å². The van der Waals surface area contributed by atoms with E-state index in [2.05, 4.69) is 10.3 Å². The van der Waals surface area contributed by atoms with Crippen molar-refractivity contribution in [2.75, 3.05) is 11.9 Å². The van der Waals surface area contributed by atoms with E-state index in [4.69, 9.17) is 11.6 Å². The Morgan fingerprint density at radius 2 is 1.72 bits per heavy atom. The lowest BCUT2D eigenvalue weighted by atomic mass is 10.0. The number of halogens is 7. The van der Waals surface area contributed by atoms with Gasteiger partial charge >= 0.3 is 12.4 Å². The first-order valence-corrected chi connectivity index (χ1v) is 7.18. The zero-order chi connectivity index (χ0) is 18.8. The lowest BCUT2D eigenvalue weighted by Crippen LogP contribution is -2.18. The van der Waals surface area contributed by atoms with Crippen LogP contribution in [0.1, 0.15) is 22.8 Å². The molecule has 0 bridgehead atoms. The van der Waals surface area contributed by atoms with Crippen LogP contribution < -0.4 is 5.32 Å². The minimum Gasteiger partial charge on any atom is -0.387 e. The van der Waals surface area contributed by atoms with Gasteiger partial charge in [0, 0.05) is 12.7 Å². The second kappa shape index (κ2) is 7.09. The van der Waals surface area contributed by atoms with Gasteiger partial charge in [0.15, 0.2) is 0 Å². The Balaban J connectivity index is 2.15. The number of alkyl halides is 6. The number of aliphatic hydroxyl groups excluding tert-OH is 1. The van der Waals surface area contributed by atoms with Gasteiger partial charge in [-0.2, -0.15) is 26.3 Å². The normalized spacial score (nSPS) is 13.6. The van der Waals surface area contributed by atoms with Gasteiger partial charge in [-0.15, -0.1) is 0 Å². The van der Waals surface area contributed by atoms with Gasteiger partial charge in [-0.05, 0) is 17.7 Å². The third-order valence-electron chi connectivity index (χ3n) is 3.26. The minimum atomic E-state index is -4.65. The van der Waals surface area contributed by atoms with Crippen molar-refractivity contribution in [1.82, 2.24) is 4.98 Å². The first-order valence-electron chi connectivity index (χ1n) is 6.81. The van der Waals surface area contributed by atoms with Gasteiger partial charge in [-0.1, -0.05) is 29.8 Å². The Hall–Kier alpha value is -2.00. The highest BCUT2D eigenvalue weighted by molar-refractivity contribution is 6.32. The van der Waals surface area contributed by atoms with Crippen LogP contribution in [0.4, 0.5) is 32.2 Å². The molecule has 136 valence electrons. The van der Waals surface area contributed by atoms with E-state index in [9.17, 15) is 31.4 Å². The largest absolute Gasteiger partial charge is 0.417 e. The fourth-order valence-electron chi connectivity index (χ4n) is 2.07. The number of aromatic nitrogens is 1. The van der Waals surface area contributed by atoms with Crippen molar-refractivity contribution in [3.8, 4) is 0 Å². The molecule has 1 heterocycles. The number of anilines is 1. The van der Waals surface area contributed by atoms with Crippen LogP contribution in [-0.2, 0) is 12.4 Å². The number of hydrogen-bond acceptors (Lipinski definition) is 3. The fraction of sp³-hybridized carbons (Fsp3) is 0.267. The molecule has 2 N–H and O–H groups in total. The van der Waals surface area contributed by atoms with Gasteiger partial charge in [-0.25, -0.2) is 4.98 Å². The van der Waals surface area contributed by atoms with E-state index in [0.717, 1.165) is 12.1 Å². The highest BCUT2D eigenvalue weighted by Crippen LogP contribution is 2.35. The second-order valence-electron chi connectivity index (χ2n) is 5.03. The maximum atomic E-state index is 12.9. The Morgan fingerprint density at radius 3 is 2.28 bits per heavy atom. The lowest BCUT2D eigenvalue weighted by molar-refractivity contribution is -0.139. The van der Waals surface area contributed by atoms with Crippen molar-refractivity contribution in [3.63, 3.8) is 0 Å². The maximum absolute atomic E-state index is 12.9. The zero-order valence-corrected chi connectivity index (χ0v) is 13.0. The average Bonchev–Trinajstić information content (AvgIpc) is 2.51. The highest BCUT2D eigenvalue weighted by atomic mass is 35.5. The molecule has 0 aliphatic rings. The van der Waals surface area contributed by atoms with Crippen LogP contribution in [0.15, 0.2) is 36.5 Å². The molecular weight excluding hydrogens is 374 g/mol. The molecule has 0 amide bonds. The molecule has 0 radical (unpaired) electrons. The van der Waals surface area contributed by atoms with Crippen molar-refractivity contribution in [2.45, 2.75) is 18.5 Å². The van der Waals surface area contributed by atoms with E-state index in [1.165, 1.54) is 12.1 Å². The smallest absolute Gasteiger partial charge is 0.387 e. The summed E-state index contributed by atoms with van der Waals surface area (Å²) < 4.78 is 76.3. The van der Waals surface area contributed by atoms with Crippen LogP contribution in [0.2, 0.25) is 5.02 Å². The molecule has 10 heteroatoms. The van der Waals surface area contributed by atoms with Crippen LogP contribution in [0.5, 0.6) is 0 Å². The first-order chi connectivity index (χ1) is 11.5. The van der Waals surface area contributed by atoms with Gasteiger partial charge < -0.3 is 10.4 Å². The van der Waals surface area contributed by atoms with Crippen molar-refractivity contribution in [2.24, 2.45) is 0 Å². The maximum Gasteiger partial charge on any atom is 0.417 e. The molecule has 0 saturated heterocycles. The second-order valence-corrected chi connectivity index (χ2v) is 5.44. The molecule has 1 aromatic heterocycles. The van der Waals surface area contributed by atoms with Crippen molar-refractivity contribution < 1.29 is 31.4 Å². The van der Waals surface area contributed by atoms with E-state index < -0.39 is 36.1 Å². The van der Waals surface area contributed by atoms with E-state index in [0.29, 0.717) is 12.3 Å². The number of benzene rings is 1. The molecular formula is C15H11ClF6N2O. The summed E-state index contributed by atoms with van der Waals surface area (Å²) in [6.45, 7) is -0.425. The van der Waals surface area contributed by atoms with Gasteiger partial charge in [0.25, 0.3) is 0 Å². The molecule has 0 aliphatic heterocycles. The van der Waals surface area contributed by atoms with Gasteiger partial charge in [0.05, 0.1) is 22.3 Å². The number of aliphatic hydroxyl groups is 1. The zero-order valence-electron chi connectivity index (χ0n) is 12.3. The van der Waals surface area contributed by atoms with Crippen molar-refractivity contribution >= 4 is 17.4 Å². The number of rotatable bonds is 4. The molecule has 1 aromatic carbocycles. The summed E-state index contributed by atoms with van der Waals surface area (Å²) in [6.07, 6.45) is -10.3. The number of nitrogens with zero attached hydrogens (tertiary/aromatic N) is 1. The van der Waals surface area contributed by atoms with Crippen LogP contribution in [-0.4, -0.2) is 16.6 Å². The van der Waals surface area contributed by atoms with Crippen molar-refractivity contribution in [3.05, 3.63) is 58.2 Å². The standard InChI is InChI=1S/C15H11ClF6N2O/c16-11-5-8(14(17,18)19)6-23-13(11)24-7-12(25)9-3-1-2-4-10(9)15(20,21)22/h1-6,12,25H,7H2,(H,23,24)/t12-/m0/s1. The molecule has 2 aromatic rings. The van der Waals surface area contributed by atoms with E-state index in [1.807, 2.05) is 0 Å². The topological polar surface area (TPSA) is 45.1 Å². The molecule has 0 fully saturated rings. The van der Waals surface area contributed by atoms with E-state index in [1.54, 1.807) is 0 Å². The summed E-state index contributed by atoms with van der Waals surface area (Å²) in [5.41, 5.74) is -2.44. The van der Waals surface area contributed by atoms with Gasteiger partial charge in [0.2, 0.25) is 0 Å². The lowest BCUT2D eigenvalue weighted by Gasteiger charge is -2.18. The number of pyridine rings is 1. The molecule has 0 spiro atoms. The molecule has 1 atom stereocenters.